The van der Waals surface area contributed by atoms with E-state index in [-0.39, 0.29) is 18.5 Å². The minimum Gasteiger partial charge on any atom is -0.355 e. The Bertz CT molecular complexity index is 1280. The molecule has 3 aliphatic heterocycles. The number of allylic oxidation sites excluding steroid dienone is 1. The maximum Gasteiger partial charge on any atom is 0.417 e. The van der Waals surface area contributed by atoms with Crippen molar-refractivity contribution in [3.63, 3.8) is 0 Å². The van der Waals surface area contributed by atoms with Gasteiger partial charge in [-0.3, -0.25) is 0 Å². The zero-order valence-corrected chi connectivity index (χ0v) is 19.9. The van der Waals surface area contributed by atoms with E-state index in [9.17, 15) is 26.5 Å². The third-order valence-corrected chi connectivity index (χ3v) is 9.03. The molecule has 3 aliphatic rings. The van der Waals surface area contributed by atoms with Crippen molar-refractivity contribution in [3.8, 4) is 0 Å². The smallest absolute Gasteiger partial charge is 0.355 e. The highest BCUT2D eigenvalue weighted by Crippen LogP contribution is 2.52. The van der Waals surface area contributed by atoms with Gasteiger partial charge in [-0.05, 0) is 36.1 Å². The van der Waals surface area contributed by atoms with Gasteiger partial charge in [-0.15, -0.1) is 11.6 Å². The number of hydrogen-bond acceptors (Lipinski definition) is 5. The first kappa shape index (κ1) is 24.4. The van der Waals surface area contributed by atoms with Crippen molar-refractivity contribution in [2.75, 3.05) is 13.1 Å². The van der Waals surface area contributed by atoms with Gasteiger partial charge in [-0.25, -0.2) is 13.4 Å². The maximum absolute atomic E-state index is 13.1. The van der Waals surface area contributed by atoms with E-state index in [1.54, 1.807) is 6.08 Å². The van der Waals surface area contributed by atoms with Crippen LogP contribution < -0.4 is 0 Å². The molecule has 35 heavy (non-hydrogen) atoms. The lowest BCUT2D eigenvalue weighted by molar-refractivity contribution is -0.542. The van der Waals surface area contributed by atoms with Crippen LogP contribution in [-0.2, 0) is 26.5 Å². The first-order valence-corrected chi connectivity index (χ1v) is 13.0. The van der Waals surface area contributed by atoms with Crippen LogP contribution in [0.15, 0.2) is 59.9 Å². The molecule has 1 saturated heterocycles. The third kappa shape index (κ3) is 4.28. The number of benzene rings is 1. The number of nitroso groups, excluding NO2 is 1. The van der Waals surface area contributed by atoms with Crippen LogP contribution in [0, 0.1) is 4.91 Å². The van der Waals surface area contributed by atoms with Gasteiger partial charge in [0.05, 0.1) is 16.5 Å². The fraction of sp³-hybridized carbons (Fsp3) is 0.435. The molecule has 1 fully saturated rings. The molecular formula is C23H22ClF3N3O4S+. The van der Waals surface area contributed by atoms with E-state index in [4.69, 9.17) is 16.3 Å². The van der Waals surface area contributed by atoms with Crippen molar-refractivity contribution in [2.45, 2.75) is 53.6 Å². The van der Waals surface area contributed by atoms with Gasteiger partial charge >= 0.3 is 6.18 Å². The number of ether oxygens (including phenoxy) is 1. The van der Waals surface area contributed by atoms with Crippen LogP contribution in [0.2, 0.25) is 0 Å². The van der Waals surface area contributed by atoms with Crippen LogP contribution in [0.25, 0.3) is 0 Å². The Morgan fingerprint density at radius 1 is 1.14 bits per heavy atom. The number of nitrogens with zero attached hydrogens (tertiary/aromatic N) is 3. The van der Waals surface area contributed by atoms with Gasteiger partial charge in [-0.2, -0.15) is 17.5 Å². The number of halogens is 4. The molecule has 1 spiro atoms. The topological polar surface area (TPSA) is 79.6 Å². The molecule has 0 saturated carbocycles. The van der Waals surface area contributed by atoms with Gasteiger partial charge < -0.3 is 4.74 Å². The lowest BCUT2D eigenvalue weighted by atomic mass is 9.83. The van der Waals surface area contributed by atoms with Crippen molar-refractivity contribution >= 4 is 21.6 Å². The summed E-state index contributed by atoms with van der Waals surface area (Å²) in [5.41, 5.74) is 0.0206. The molecule has 3 unspecified atom stereocenters. The normalized spacial score (nSPS) is 26.7. The van der Waals surface area contributed by atoms with Crippen LogP contribution in [0.5, 0.6) is 0 Å². The van der Waals surface area contributed by atoms with E-state index in [1.807, 2.05) is 24.3 Å². The first-order valence-electron chi connectivity index (χ1n) is 11.1. The quantitative estimate of drug-likeness (QED) is 0.432. The van der Waals surface area contributed by atoms with E-state index >= 15 is 0 Å². The number of alkyl halides is 4. The van der Waals surface area contributed by atoms with Crippen LogP contribution >= 0.6 is 11.6 Å². The van der Waals surface area contributed by atoms with E-state index in [1.165, 1.54) is 10.5 Å². The highest BCUT2D eigenvalue weighted by Gasteiger charge is 2.53. The predicted octanol–water partition coefficient (Wildman–Crippen LogP) is 4.52. The number of rotatable bonds is 3. The number of piperidine rings is 1. The molecule has 0 bridgehead atoms. The summed E-state index contributed by atoms with van der Waals surface area (Å²) in [5.74, 6) is 0. The highest BCUT2D eigenvalue weighted by molar-refractivity contribution is 7.89. The summed E-state index contributed by atoms with van der Waals surface area (Å²) < 4.78 is 73.2. The second kappa shape index (κ2) is 8.65. The van der Waals surface area contributed by atoms with Gasteiger partial charge in [0, 0.05) is 41.5 Å². The molecular weight excluding hydrogens is 507 g/mol. The van der Waals surface area contributed by atoms with Crippen molar-refractivity contribution in [2.24, 2.45) is 0 Å². The highest BCUT2D eigenvalue weighted by atomic mass is 35.5. The summed E-state index contributed by atoms with van der Waals surface area (Å²) in [5, 5.41) is -0.725. The molecule has 1 aromatic carbocycles. The second-order valence-electron chi connectivity index (χ2n) is 8.93. The Morgan fingerprint density at radius 3 is 2.51 bits per heavy atom. The molecule has 186 valence electrons. The lowest BCUT2D eigenvalue weighted by Gasteiger charge is -2.39. The minimum absolute atomic E-state index is 0.0931. The molecule has 0 amide bonds. The van der Waals surface area contributed by atoms with Crippen molar-refractivity contribution < 1.29 is 31.1 Å². The number of fused-ring (bicyclic) bond motifs is 2. The monoisotopic (exact) mass is 528 g/mol. The zero-order valence-electron chi connectivity index (χ0n) is 18.4. The van der Waals surface area contributed by atoms with Gasteiger partial charge in [0.15, 0.2) is 11.1 Å². The Balaban J connectivity index is 1.37. The molecule has 0 N–H and O–H groups in total. The summed E-state index contributed by atoms with van der Waals surface area (Å²) in [6.45, 7) is 0.186. The van der Waals surface area contributed by atoms with Crippen molar-refractivity contribution in [1.29, 1.82) is 0 Å². The molecule has 0 aliphatic carbocycles. The zero-order chi connectivity index (χ0) is 25.0. The molecule has 4 heterocycles. The van der Waals surface area contributed by atoms with Gasteiger partial charge in [-0.1, -0.05) is 24.3 Å². The Labute approximate surface area is 205 Å². The van der Waals surface area contributed by atoms with Crippen molar-refractivity contribution in [3.05, 3.63) is 76.5 Å². The molecule has 12 heteroatoms. The van der Waals surface area contributed by atoms with Crippen LogP contribution in [0.4, 0.5) is 13.2 Å². The molecule has 0 radical (unpaired) electrons. The average molecular weight is 529 g/mol. The van der Waals surface area contributed by atoms with Crippen LogP contribution in [0.1, 0.15) is 42.1 Å². The number of pyridine rings is 1. The van der Waals surface area contributed by atoms with E-state index in [0.717, 1.165) is 22.0 Å². The molecule has 3 atom stereocenters. The molecule has 1 aromatic heterocycles. The number of sulfonamides is 1. The van der Waals surface area contributed by atoms with Gasteiger partial charge in [0.25, 0.3) is 10.0 Å². The molecule has 2 aromatic rings. The Kier molecular flexibility index (Phi) is 6.02. The predicted molar refractivity (Wildman–Crippen MR) is 120 cm³/mol. The standard InChI is InChI=1S/C23H22ClF3N3O4S/c24-16-7-10-30(31)19(13-16)21-17-3-1-2-4-18(17)22(34-21)8-11-29(12-9-22)35(32,33)20-6-5-15(14-28-20)23(25,26)27/h1-7,10,14,16,19,21H,8-9,11-13H2/q+1. The van der Waals surface area contributed by atoms with Gasteiger partial charge in [0.2, 0.25) is 12.2 Å². The average Bonchev–Trinajstić information content (AvgIpc) is 3.14. The van der Waals surface area contributed by atoms with Crippen molar-refractivity contribution in [1.82, 2.24) is 9.29 Å². The van der Waals surface area contributed by atoms with E-state index < -0.39 is 44.5 Å². The summed E-state index contributed by atoms with van der Waals surface area (Å²) in [6.07, 6.45) is -0.482. The minimum atomic E-state index is -4.60. The first-order chi connectivity index (χ1) is 16.5. The SMILES string of the molecule is O=[N+]1C=CC(Cl)CC1C1OC2(CCN(S(=O)(=O)c3ccc(C(F)(F)F)cn3)CC2)c2ccccc21. The second-order valence-corrected chi connectivity index (χ2v) is 11.4. The summed E-state index contributed by atoms with van der Waals surface area (Å²) in [7, 11) is -4.08. The lowest BCUT2D eigenvalue weighted by Crippen LogP contribution is -2.46. The fourth-order valence-corrected chi connectivity index (χ4v) is 6.68. The van der Waals surface area contributed by atoms with E-state index in [2.05, 4.69) is 4.98 Å². The third-order valence-electron chi connectivity index (χ3n) is 6.89. The fourth-order valence-electron chi connectivity index (χ4n) is 5.08. The Hall–Kier alpha value is -2.34. The Morgan fingerprint density at radius 2 is 1.86 bits per heavy atom. The maximum atomic E-state index is 13.1. The molecule has 5 rings (SSSR count). The molecule has 7 nitrogen and oxygen atoms in total. The number of hydrogen-bond donors (Lipinski definition) is 0. The van der Waals surface area contributed by atoms with Crippen LogP contribution in [-0.4, -0.2) is 47.0 Å². The van der Waals surface area contributed by atoms with Crippen LogP contribution in [0.3, 0.4) is 0 Å². The summed E-state index contributed by atoms with van der Waals surface area (Å²) in [4.78, 5) is 16.1. The largest absolute Gasteiger partial charge is 0.417 e. The summed E-state index contributed by atoms with van der Waals surface area (Å²) in [6, 6.07) is 8.67. The number of aromatic nitrogens is 1. The van der Waals surface area contributed by atoms with E-state index in [0.29, 0.717) is 31.5 Å². The summed E-state index contributed by atoms with van der Waals surface area (Å²) >= 11 is 6.27. The van der Waals surface area contributed by atoms with Gasteiger partial charge in [0.1, 0.15) is 0 Å².